The van der Waals surface area contributed by atoms with Crippen molar-refractivity contribution in [2.75, 3.05) is 11.9 Å². The first-order valence-electron chi connectivity index (χ1n) is 5.63. The molecular formula is C13H15NO2S. The summed E-state index contributed by atoms with van der Waals surface area (Å²) in [5.74, 6) is 0.141. The first-order valence-corrected chi connectivity index (χ1v) is 6.51. The number of anilines is 1. The van der Waals surface area contributed by atoms with Gasteiger partial charge in [-0.15, -0.1) is 11.8 Å². The van der Waals surface area contributed by atoms with E-state index in [0.29, 0.717) is 5.56 Å². The number of carbonyl (C=O) groups is 2. The van der Waals surface area contributed by atoms with Gasteiger partial charge < -0.3 is 4.90 Å². The Morgan fingerprint density at radius 1 is 1.47 bits per heavy atom. The molecule has 0 saturated heterocycles. The lowest BCUT2D eigenvalue weighted by Crippen LogP contribution is -2.37. The van der Waals surface area contributed by atoms with E-state index in [0.717, 1.165) is 17.0 Å². The van der Waals surface area contributed by atoms with Crippen molar-refractivity contribution in [3.05, 3.63) is 23.8 Å². The molecule has 1 unspecified atom stereocenters. The SMILES string of the molecule is CCC1Sc2ccc(C(C)=O)cc2N(C)C1=O. The van der Waals surface area contributed by atoms with Crippen molar-refractivity contribution in [3.63, 3.8) is 0 Å². The number of ketones is 1. The van der Waals surface area contributed by atoms with E-state index in [9.17, 15) is 9.59 Å². The van der Waals surface area contributed by atoms with E-state index in [2.05, 4.69) is 0 Å². The predicted octanol–water partition coefficient (Wildman–Crippen LogP) is 2.74. The molecule has 1 heterocycles. The fourth-order valence-corrected chi connectivity index (χ4v) is 3.09. The normalized spacial score (nSPS) is 19.1. The number of rotatable bonds is 2. The molecule has 1 aliphatic heterocycles. The van der Waals surface area contributed by atoms with E-state index >= 15 is 0 Å². The second-order valence-electron chi connectivity index (χ2n) is 4.15. The molecule has 0 saturated carbocycles. The number of carbonyl (C=O) groups excluding carboxylic acids is 2. The Kier molecular flexibility index (Phi) is 3.24. The van der Waals surface area contributed by atoms with Crippen molar-refractivity contribution >= 4 is 29.1 Å². The molecule has 4 heteroatoms. The Balaban J connectivity index is 2.46. The Morgan fingerprint density at radius 3 is 2.76 bits per heavy atom. The minimum absolute atomic E-state index is 0.00400. The van der Waals surface area contributed by atoms with Crippen LogP contribution in [0.3, 0.4) is 0 Å². The van der Waals surface area contributed by atoms with Crippen LogP contribution in [0.2, 0.25) is 0 Å². The van der Waals surface area contributed by atoms with Gasteiger partial charge in [-0.05, 0) is 25.5 Å². The Hall–Kier alpha value is -1.29. The van der Waals surface area contributed by atoms with Crippen LogP contribution in [0.4, 0.5) is 5.69 Å². The number of fused-ring (bicyclic) bond motifs is 1. The lowest BCUT2D eigenvalue weighted by molar-refractivity contribution is -0.118. The monoisotopic (exact) mass is 249 g/mol. The quantitative estimate of drug-likeness (QED) is 0.756. The summed E-state index contributed by atoms with van der Waals surface area (Å²) in [6, 6.07) is 5.56. The van der Waals surface area contributed by atoms with Crippen molar-refractivity contribution in [1.29, 1.82) is 0 Å². The first kappa shape index (κ1) is 12.2. The Morgan fingerprint density at radius 2 is 2.18 bits per heavy atom. The summed E-state index contributed by atoms with van der Waals surface area (Å²) in [6.07, 6.45) is 0.821. The van der Waals surface area contributed by atoms with E-state index in [4.69, 9.17) is 0 Å². The average Bonchev–Trinajstić information content (AvgIpc) is 2.33. The number of hydrogen-bond donors (Lipinski definition) is 0. The molecule has 0 spiro atoms. The predicted molar refractivity (Wildman–Crippen MR) is 69.8 cm³/mol. The molecule has 1 atom stereocenters. The van der Waals surface area contributed by atoms with Crippen molar-refractivity contribution in [2.24, 2.45) is 0 Å². The van der Waals surface area contributed by atoms with Gasteiger partial charge in [-0.1, -0.05) is 13.0 Å². The van der Waals surface area contributed by atoms with Crippen LogP contribution in [-0.4, -0.2) is 24.0 Å². The fraction of sp³-hybridized carbons (Fsp3) is 0.385. The van der Waals surface area contributed by atoms with Crippen molar-refractivity contribution in [1.82, 2.24) is 0 Å². The third-order valence-electron chi connectivity index (χ3n) is 2.97. The van der Waals surface area contributed by atoms with E-state index in [1.165, 1.54) is 6.92 Å². The van der Waals surface area contributed by atoms with Crippen LogP contribution < -0.4 is 4.90 Å². The molecule has 0 bridgehead atoms. The molecule has 2 rings (SSSR count). The number of nitrogens with zero attached hydrogens (tertiary/aromatic N) is 1. The van der Waals surface area contributed by atoms with Gasteiger partial charge >= 0.3 is 0 Å². The largest absolute Gasteiger partial charge is 0.313 e. The van der Waals surface area contributed by atoms with E-state index in [1.54, 1.807) is 29.8 Å². The summed E-state index contributed by atoms with van der Waals surface area (Å²) in [6.45, 7) is 3.55. The number of hydrogen-bond acceptors (Lipinski definition) is 3. The van der Waals surface area contributed by atoms with Crippen molar-refractivity contribution < 1.29 is 9.59 Å². The lowest BCUT2D eigenvalue weighted by atomic mass is 10.1. The summed E-state index contributed by atoms with van der Waals surface area (Å²) in [5, 5.41) is -0.00400. The van der Waals surface area contributed by atoms with Crippen LogP contribution in [0.25, 0.3) is 0 Å². The highest BCUT2D eigenvalue weighted by atomic mass is 32.2. The van der Waals surface area contributed by atoms with Gasteiger partial charge in [-0.25, -0.2) is 0 Å². The fourth-order valence-electron chi connectivity index (χ4n) is 1.89. The van der Waals surface area contributed by atoms with Gasteiger partial charge in [0, 0.05) is 17.5 Å². The second-order valence-corrected chi connectivity index (χ2v) is 5.40. The zero-order chi connectivity index (χ0) is 12.6. The van der Waals surface area contributed by atoms with Gasteiger partial charge in [0.15, 0.2) is 5.78 Å². The molecule has 1 amide bonds. The summed E-state index contributed by atoms with van der Waals surface area (Å²) in [5.41, 5.74) is 1.50. The molecule has 17 heavy (non-hydrogen) atoms. The van der Waals surface area contributed by atoms with Crippen molar-refractivity contribution in [3.8, 4) is 0 Å². The topological polar surface area (TPSA) is 37.4 Å². The van der Waals surface area contributed by atoms with Crippen LogP contribution in [-0.2, 0) is 4.79 Å². The van der Waals surface area contributed by atoms with E-state index in [-0.39, 0.29) is 16.9 Å². The summed E-state index contributed by atoms with van der Waals surface area (Å²) >= 11 is 1.59. The van der Waals surface area contributed by atoms with Crippen LogP contribution in [0, 0.1) is 0 Å². The molecule has 1 aromatic carbocycles. The van der Waals surface area contributed by atoms with Gasteiger partial charge in [0.1, 0.15) is 0 Å². The van der Waals surface area contributed by atoms with Gasteiger partial charge in [-0.3, -0.25) is 9.59 Å². The number of amides is 1. The number of thioether (sulfide) groups is 1. The lowest BCUT2D eigenvalue weighted by Gasteiger charge is -2.30. The van der Waals surface area contributed by atoms with Crippen LogP contribution in [0.1, 0.15) is 30.6 Å². The maximum Gasteiger partial charge on any atom is 0.240 e. The summed E-state index contributed by atoms with van der Waals surface area (Å²) < 4.78 is 0. The summed E-state index contributed by atoms with van der Waals surface area (Å²) in [7, 11) is 1.77. The number of benzene rings is 1. The molecule has 3 nitrogen and oxygen atoms in total. The zero-order valence-corrected chi connectivity index (χ0v) is 11.0. The van der Waals surface area contributed by atoms with E-state index in [1.807, 2.05) is 19.1 Å². The highest BCUT2D eigenvalue weighted by Crippen LogP contribution is 2.40. The van der Waals surface area contributed by atoms with Gasteiger partial charge in [0.2, 0.25) is 5.91 Å². The highest BCUT2D eigenvalue weighted by Gasteiger charge is 2.30. The molecule has 90 valence electrons. The number of Topliss-reactive ketones (excluding diaryl/α,β-unsaturated/α-hetero) is 1. The maximum atomic E-state index is 12.0. The first-order chi connectivity index (χ1) is 8.04. The third kappa shape index (κ3) is 2.09. The van der Waals surface area contributed by atoms with Gasteiger partial charge in [0.25, 0.3) is 0 Å². The molecule has 1 aliphatic rings. The molecular weight excluding hydrogens is 234 g/mol. The molecule has 0 radical (unpaired) electrons. The molecule has 0 fully saturated rings. The zero-order valence-electron chi connectivity index (χ0n) is 10.2. The molecule has 0 N–H and O–H groups in total. The van der Waals surface area contributed by atoms with Gasteiger partial charge in [0.05, 0.1) is 10.9 Å². The van der Waals surface area contributed by atoms with Crippen LogP contribution >= 0.6 is 11.8 Å². The van der Waals surface area contributed by atoms with Crippen LogP contribution in [0.5, 0.6) is 0 Å². The third-order valence-corrected chi connectivity index (χ3v) is 4.39. The van der Waals surface area contributed by atoms with Gasteiger partial charge in [-0.2, -0.15) is 0 Å². The van der Waals surface area contributed by atoms with E-state index < -0.39 is 0 Å². The van der Waals surface area contributed by atoms with Crippen LogP contribution in [0.15, 0.2) is 23.1 Å². The second kappa shape index (κ2) is 4.53. The molecule has 0 aliphatic carbocycles. The minimum Gasteiger partial charge on any atom is -0.313 e. The molecule has 1 aromatic rings. The highest BCUT2D eigenvalue weighted by molar-refractivity contribution is 8.01. The standard InChI is InChI=1S/C13H15NO2S/c1-4-11-13(16)14(3)10-7-9(8(2)15)5-6-12(10)17-11/h5-7,11H,4H2,1-3H3. The smallest absolute Gasteiger partial charge is 0.240 e. The average molecular weight is 249 g/mol. The summed E-state index contributed by atoms with van der Waals surface area (Å²) in [4.78, 5) is 26.1. The van der Waals surface area contributed by atoms with Crippen molar-refractivity contribution in [2.45, 2.75) is 30.4 Å². The molecule has 0 aromatic heterocycles. The maximum absolute atomic E-state index is 12.0. The minimum atomic E-state index is -0.00400. The Bertz CT molecular complexity index is 484. The Labute approximate surface area is 105 Å².